The molecule has 0 saturated heterocycles. The quantitative estimate of drug-likeness (QED) is 0.300. The number of hydrogen-bond donors (Lipinski definition) is 1. The third-order valence-electron chi connectivity index (χ3n) is 7.24. The highest BCUT2D eigenvalue weighted by Gasteiger charge is 2.32. The van der Waals surface area contributed by atoms with E-state index in [1.807, 2.05) is 27.2 Å². The molecule has 0 aliphatic rings. The Kier molecular flexibility index (Phi) is 9.06. The monoisotopic (exact) mass is 623 g/mol. The van der Waals surface area contributed by atoms with Gasteiger partial charge in [-0.2, -0.15) is 23.5 Å². The zero-order chi connectivity index (χ0) is 33.3. The third kappa shape index (κ3) is 6.99. The first kappa shape index (κ1) is 32.7. The number of quaternary nitrogens is 1. The molecule has 0 spiro atoms. The van der Waals surface area contributed by atoms with Crippen LogP contribution in [0.1, 0.15) is 23.7 Å². The Morgan fingerprint density at radius 3 is 2.36 bits per heavy atom. The van der Waals surface area contributed by atoms with Crippen LogP contribution in [-0.4, -0.2) is 87.6 Å². The molecule has 0 aliphatic carbocycles. The van der Waals surface area contributed by atoms with Crippen LogP contribution in [0.4, 0.5) is 18.0 Å². The normalized spacial score (nSPS) is 12.4. The summed E-state index contributed by atoms with van der Waals surface area (Å²) in [5.41, 5.74) is -0.627. The van der Waals surface area contributed by atoms with Crippen LogP contribution >= 0.6 is 0 Å². The van der Waals surface area contributed by atoms with Crippen LogP contribution < -0.4 is 11.0 Å². The topological polar surface area (TPSA) is 118 Å². The van der Waals surface area contributed by atoms with E-state index in [0.29, 0.717) is 28.8 Å². The first-order valence-electron chi connectivity index (χ1n) is 14.0. The fourth-order valence-corrected chi connectivity index (χ4v) is 4.79. The molecule has 11 nitrogen and oxygen atoms in total. The highest BCUT2D eigenvalue weighted by atomic mass is 19.4. The van der Waals surface area contributed by atoms with Crippen molar-refractivity contribution in [2.24, 2.45) is 0 Å². The molecule has 2 heterocycles. The van der Waals surface area contributed by atoms with E-state index in [9.17, 15) is 32.8 Å². The lowest BCUT2D eigenvalue weighted by Gasteiger charge is -2.28. The number of rotatable bonds is 8. The molecule has 14 heteroatoms. The molecule has 0 radical (unpaired) electrons. The Balaban J connectivity index is 1.84. The van der Waals surface area contributed by atoms with Crippen molar-refractivity contribution >= 4 is 11.9 Å². The molecule has 0 fully saturated rings. The maximum absolute atomic E-state index is 14.0. The number of carbonyl (C=O) groups excluding carboxylic acids is 2. The van der Waals surface area contributed by atoms with Gasteiger partial charge in [-0.25, -0.2) is 18.8 Å². The van der Waals surface area contributed by atoms with Gasteiger partial charge in [-0.05, 0) is 62.4 Å². The second-order valence-corrected chi connectivity index (χ2v) is 11.7. The fourth-order valence-electron chi connectivity index (χ4n) is 4.79. The summed E-state index contributed by atoms with van der Waals surface area (Å²) in [6.45, 7) is 4.07. The van der Waals surface area contributed by atoms with Crippen molar-refractivity contribution in [2.75, 3.05) is 41.3 Å². The standard InChI is InChI=1S/C31H33F3N8O3/c1-20(28(43)38(3)16-17-42(4,5)6)37-29(44)40-27(26-14-15-36-41(26)24-12-10-22(19-35)11-13-24)21(2)39(30(40)45)25-9-7-8-23(18-25)31(32,33)34/h7-15,18,20H,16-17H2,1-6H3/p+1/t20-/m0/s1. The van der Waals surface area contributed by atoms with Crippen LogP contribution in [-0.2, 0) is 11.0 Å². The summed E-state index contributed by atoms with van der Waals surface area (Å²) in [5, 5.41) is 16.1. The van der Waals surface area contributed by atoms with Gasteiger partial charge in [0.25, 0.3) is 0 Å². The number of benzene rings is 2. The number of amides is 2. The molecule has 45 heavy (non-hydrogen) atoms. The Hall–Kier alpha value is -5.16. The summed E-state index contributed by atoms with van der Waals surface area (Å²) >= 11 is 0. The molecule has 0 aliphatic heterocycles. The predicted molar refractivity (Wildman–Crippen MR) is 161 cm³/mol. The lowest BCUT2D eigenvalue weighted by molar-refractivity contribution is -0.869. The molecule has 0 saturated carbocycles. The molecule has 2 amide bonds. The first-order valence-corrected chi connectivity index (χ1v) is 14.0. The maximum Gasteiger partial charge on any atom is 0.416 e. The predicted octanol–water partition coefficient (Wildman–Crippen LogP) is 3.80. The van der Waals surface area contributed by atoms with Gasteiger partial charge in [0.1, 0.15) is 11.7 Å². The molecule has 2 aromatic carbocycles. The fraction of sp³-hybridized carbons (Fsp3) is 0.323. The number of likely N-dealkylation sites (N-methyl/N-ethyl adjacent to an activating group) is 2. The molecule has 0 unspecified atom stereocenters. The summed E-state index contributed by atoms with van der Waals surface area (Å²) in [6.07, 6.45) is -3.23. The average molecular weight is 624 g/mol. The van der Waals surface area contributed by atoms with Gasteiger partial charge in [0, 0.05) is 7.05 Å². The van der Waals surface area contributed by atoms with Crippen LogP contribution in [0.15, 0.2) is 65.6 Å². The minimum Gasteiger partial charge on any atom is -0.338 e. The summed E-state index contributed by atoms with van der Waals surface area (Å²) in [6, 6.07) is 12.2. The number of nitrogens with one attached hydrogen (secondary N) is 1. The molecule has 2 aromatic heterocycles. The van der Waals surface area contributed by atoms with Crippen LogP contribution in [0.25, 0.3) is 22.8 Å². The minimum absolute atomic E-state index is 0.0507. The van der Waals surface area contributed by atoms with Crippen molar-refractivity contribution in [3.63, 3.8) is 0 Å². The number of nitriles is 1. The molecule has 236 valence electrons. The minimum atomic E-state index is -4.67. The lowest BCUT2D eigenvalue weighted by Crippen LogP contribution is -2.50. The number of carbonyl (C=O) groups is 2. The second kappa shape index (κ2) is 12.4. The van der Waals surface area contributed by atoms with Gasteiger partial charge in [0.2, 0.25) is 5.91 Å². The number of nitrogens with zero attached hydrogens (tertiary/aromatic N) is 7. The van der Waals surface area contributed by atoms with Crippen LogP contribution in [0.2, 0.25) is 0 Å². The highest BCUT2D eigenvalue weighted by Crippen LogP contribution is 2.32. The number of alkyl halides is 3. The molecule has 4 aromatic rings. The second-order valence-electron chi connectivity index (χ2n) is 11.7. The van der Waals surface area contributed by atoms with E-state index in [4.69, 9.17) is 0 Å². The molecule has 1 N–H and O–H groups in total. The van der Waals surface area contributed by atoms with Crippen LogP contribution in [0.5, 0.6) is 0 Å². The molecule has 0 bridgehead atoms. The van der Waals surface area contributed by atoms with Gasteiger partial charge in [-0.15, -0.1) is 0 Å². The molecular weight excluding hydrogens is 589 g/mol. The van der Waals surface area contributed by atoms with Crippen LogP contribution in [0.3, 0.4) is 0 Å². The van der Waals surface area contributed by atoms with E-state index in [2.05, 4.69) is 10.4 Å². The van der Waals surface area contributed by atoms with Crippen molar-refractivity contribution < 1.29 is 27.2 Å². The van der Waals surface area contributed by atoms with Crippen molar-refractivity contribution in [3.8, 4) is 28.8 Å². The van der Waals surface area contributed by atoms with Crippen molar-refractivity contribution in [1.82, 2.24) is 29.1 Å². The van der Waals surface area contributed by atoms with Crippen LogP contribution in [0, 0.1) is 18.3 Å². The Morgan fingerprint density at radius 2 is 1.76 bits per heavy atom. The van der Waals surface area contributed by atoms with E-state index < -0.39 is 29.5 Å². The summed E-state index contributed by atoms with van der Waals surface area (Å²) < 4.78 is 44.6. The Labute approximate surface area is 257 Å². The SMILES string of the molecule is Cc1c(-c2ccnn2-c2ccc(C#N)cc2)n(C(=O)N[C@@H](C)C(=O)N(C)CC[N+](C)(C)C)c(=O)n1-c1cccc(C(F)(F)F)c1. The zero-order valence-electron chi connectivity index (χ0n) is 25.8. The average Bonchev–Trinajstić information content (AvgIpc) is 3.56. The van der Waals surface area contributed by atoms with Crippen molar-refractivity contribution in [1.29, 1.82) is 5.26 Å². The van der Waals surface area contributed by atoms with E-state index >= 15 is 0 Å². The van der Waals surface area contributed by atoms with Gasteiger partial charge < -0.3 is 14.7 Å². The summed E-state index contributed by atoms with van der Waals surface area (Å²) in [5.74, 6) is -0.386. The van der Waals surface area contributed by atoms with E-state index in [1.54, 1.807) is 37.4 Å². The smallest absolute Gasteiger partial charge is 0.338 e. The largest absolute Gasteiger partial charge is 0.416 e. The lowest BCUT2D eigenvalue weighted by atomic mass is 10.2. The van der Waals surface area contributed by atoms with Gasteiger partial charge in [-0.3, -0.25) is 9.36 Å². The molecular formula is C31H34F3N8O3+. The first-order chi connectivity index (χ1) is 21.0. The van der Waals surface area contributed by atoms with Crippen molar-refractivity contribution in [2.45, 2.75) is 26.1 Å². The number of aromatic nitrogens is 4. The summed E-state index contributed by atoms with van der Waals surface area (Å²) in [4.78, 5) is 42.4. The van der Waals surface area contributed by atoms with E-state index in [0.717, 1.165) is 21.3 Å². The van der Waals surface area contributed by atoms with Gasteiger partial charge in [0.15, 0.2) is 0 Å². The number of imidazole rings is 1. The van der Waals surface area contributed by atoms with Crippen molar-refractivity contribution in [3.05, 3.63) is 88.1 Å². The Bertz CT molecular complexity index is 1820. The van der Waals surface area contributed by atoms with E-state index in [-0.39, 0.29) is 28.7 Å². The summed E-state index contributed by atoms with van der Waals surface area (Å²) in [7, 11) is 7.56. The zero-order valence-corrected chi connectivity index (χ0v) is 25.8. The van der Waals surface area contributed by atoms with Gasteiger partial charge in [0.05, 0.1) is 80.4 Å². The Morgan fingerprint density at radius 1 is 1.09 bits per heavy atom. The number of halogens is 3. The highest BCUT2D eigenvalue weighted by molar-refractivity contribution is 5.89. The van der Waals surface area contributed by atoms with Gasteiger partial charge in [-0.1, -0.05) is 6.07 Å². The molecule has 1 atom stereocenters. The van der Waals surface area contributed by atoms with E-state index in [1.165, 1.54) is 41.8 Å². The van der Waals surface area contributed by atoms with Gasteiger partial charge >= 0.3 is 17.9 Å². The molecule has 4 rings (SSSR count). The number of hydrogen-bond acceptors (Lipinski definition) is 5. The third-order valence-corrected chi connectivity index (χ3v) is 7.24. The maximum atomic E-state index is 14.0.